The maximum atomic E-state index is 13.2. The largest absolute Gasteiger partial charge is 0.378 e. The summed E-state index contributed by atoms with van der Waals surface area (Å²) in [6.45, 7) is 1.98. The van der Waals surface area contributed by atoms with E-state index >= 15 is 0 Å². The summed E-state index contributed by atoms with van der Waals surface area (Å²) in [6, 6.07) is 17.0. The van der Waals surface area contributed by atoms with Gasteiger partial charge in [0.1, 0.15) is 11.2 Å². The van der Waals surface area contributed by atoms with Gasteiger partial charge in [0, 0.05) is 35.8 Å². The molecule has 0 saturated heterocycles. The number of hydrogen-bond acceptors (Lipinski definition) is 5. The van der Waals surface area contributed by atoms with Crippen molar-refractivity contribution in [3.05, 3.63) is 81.7 Å². The standard InChI is InChI=1S/C22H20N4O2S/c1-14-18(15-8-5-4-6-9-15)19-21(29-14)23-13-26(22(19)28)24-20(27)16-10-7-11-17(12-16)25(2)3/h4-13H,1-3H3,(H,24,27). The minimum Gasteiger partial charge on any atom is -0.378 e. The molecule has 4 aromatic rings. The van der Waals surface area contributed by atoms with Gasteiger partial charge in [-0.15, -0.1) is 11.3 Å². The molecule has 2 aromatic heterocycles. The van der Waals surface area contributed by atoms with Gasteiger partial charge < -0.3 is 4.90 Å². The molecule has 0 aliphatic carbocycles. The van der Waals surface area contributed by atoms with E-state index in [-0.39, 0.29) is 11.5 Å². The van der Waals surface area contributed by atoms with Crippen molar-refractivity contribution in [2.24, 2.45) is 0 Å². The van der Waals surface area contributed by atoms with Crippen LogP contribution in [0.2, 0.25) is 0 Å². The third-order valence-electron chi connectivity index (χ3n) is 4.70. The third-order valence-corrected chi connectivity index (χ3v) is 5.71. The summed E-state index contributed by atoms with van der Waals surface area (Å²) in [6.07, 6.45) is 1.36. The van der Waals surface area contributed by atoms with E-state index in [1.807, 2.05) is 68.4 Å². The van der Waals surface area contributed by atoms with E-state index in [1.165, 1.54) is 17.7 Å². The predicted molar refractivity (Wildman–Crippen MR) is 119 cm³/mol. The van der Waals surface area contributed by atoms with Crippen molar-refractivity contribution in [3.8, 4) is 11.1 Å². The van der Waals surface area contributed by atoms with Crippen LogP contribution in [0, 0.1) is 6.92 Å². The number of amides is 1. The molecule has 0 bridgehead atoms. The maximum absolute atomic E-state index is 13.2. The van der Waals surface area contributed by atoms with Gasteiger partial charge in [-0.25, -0.2) is 9.66 Å². The second-order valence-electron chi connectivity index (χ2n) is 6.88. The van der Waals surface area contributed by atoms with E-state index in [0.29, 0.717) is 15.8 Å². The Morgan fingerprint density at radius 1 is 1.10 bits per heavy atom. The topological polar surface area (TPSA) is 67.2 Å². The fourth-order valence-electron chi connectivity index (χ4n) is 3.23. The van der Waals surface area contributed by atoms with Crippen molar-refractivity contribution in [2.45, 2.75) is 6.92 Å². The van der Waals surface area contributed by atoms with Gasteiger partial charge in [-0.3, -0.25) is 15.0 Å². The normalized spacial score (nSPS) is 10.9. The lowest BCUT2D eigenvalue weighted by molar-refractivity contribution is 0.101. The Kier molecular flexibility index (Phi) is 4.90. The number of aromatic nitrogens is 2. The van der Waals surface area contributed by atoms with Gasteiger partial charge in [-0.1, -0.05) is 36.4 Å². The first-order chi connectivity index (χ1) is 14.0. The average Bonchev–Trinajstić information content (AvgIpc) is 3.07. The third kappa shape index (κ3) is 3.52. The summed E-state index contributed by atoms with van der Waals surface area (Å²) in [7, 11) is 3.81. The summed E-state index contributed by atoms with van der Waals surface area (Å²) in [4.78, 5) is 33.9. The molecule has 0 spiro atoms. The Bertz CT molecular complexity index is 1260. The number of aryl methyl sites for hydroxylation is 1. The number of anilines is 1. The highest BCUT2D eigenvalue weighted by Gasteiger charge is 2.18. The average molecular weight is 404 g/mol. The van der Waals surface area contributed by atoms with Crippen molar-refractivity contribution in [1.29, 1.82) is 0 Å². The molecule has 0 saturated carbocycles. The van der Waals surface area contributed by atoms with Crippen molar-refractivity contribution < 1.29 is 4.79 Å². The fraction of sp³-hybridized carbons (Fsp3) is 0.136. The molecule has 0 atom stereocenters. The molecule has 0 radical (unpaired) electrons. The van der Waals surface area contributed by atoms with Crippen molar-refractivity contribution in [1.82, 2.24) is 9.66 Å². The van der Waals surface area contributed by atoms with E-state index in [4.69, 9.17) is 0 Å². The minimum absolute atomic E-state index is 0.296. The molecule has 0 aliphatic heterocycles. The number of fused-ring (bicyclic) bond motifs is 1. The number of carbonyl (C=O) groups excluding carboxylic acids is 1. The van der Waals surface area contributed by atoms with E-state index in [9.17, 15) is 9.59 Å². The molecule has 7 heteroatoms. The summed E-state index contributed by atoms with van der Waals surface area (Å²) in [5.74, 6) is -0.370. The number of rotatable bonds is 4. The Morgan fingerprint density at radius 2 is 1.86 bits per heavy atom. The molecule has 0 aliphatic rings. The first-order valence-corrected chi connectivity index (χ1v) is 9.92. The van der Waals surface area contributed by atoms with Gasteiger partial charge >= 0.3 is 0 Å². The molecular weight excluding hydrogens is 384 g/mol. The van der Waals surface area contributed by atoms with Crippen LogP contribution in [0.5, 0.6) is 0 Å². The molecule has 2 aromatic carbocycles. The highest BCUT2D eigenvalue weighted by atomic mass is 32.1. The molecular formula is C22H20N4O2S. The van der Waals surface area contributed by atoms with Gasteiger partial charge in [-0.2, -0.15) is 0 Å². The van der Waals surface area contributed by atoms with Crippen LogP contribution in [-0.2, 0) is 0 Å². The number of nitrogens with zero attached hydrogens (tertiary/aromatic N) is 3. The lowest BCUT2D eigenvalue weighted by Crippen LogP contribution is -2.33. The number of nitrogens with one attached hydrogen (secondary N) is 1. The lowest BCUT2D eigenvalue weighted by Gasteiger charge is -2.14. The van der Waals surface area contributed by atoms with Crippen LogP contribution in [0.25, 0.3) is 21.3 Å². The number of hydrogen-bond donors (Lipinski definition) is 1. The molecule has 0 unspecified atom stereocenters. The summed E-state index contributed by atoms with van der Waals surface area (Å²) in [5.41, 5.74) is 5.55. The van der Waals surface area contributed by atoms with Crippen LogP contribution in [0.15, 0.2) is 65.7 Å². The molecule has 1 N–H and O–H groups in total. The fourth-order valence-corrected chi connectivity index (χ4v) is 4.24. The van der Waals surface area contributed by atoms with Crippen LogP contribution in [-0.4, -0.2) is 29.7 Å². The first kappa shape index (κ1) is 18.9. The minimum atomic E-state index is -0.370. The highest BCUT2D eigenvalue weighted by Crippen LogP contribution is 2.35. The van der Waals surface area contributed by atoms with E-state index < -0.39 is 0 Å². The van der Waals surface area contributed by atoms with Gasteiger partial charge in [0.15, 0.2) is 0 Å². The quantitative estimate of drug-likeness (QED) is 0.560. The van der Waals surface area contributed by atoms with E-state index in [1.54, 1.807) is 12.1 Å². The van der Waals surface area contributed by atoms with Crippen molar-refractivity contribution in [3.63, 3.8) is 0 Å². The van der Waals surface area contributed by atoms with E-state index in [0.717, 1.165) is 26.4 Å². The molecule has 1 amide bonds. The Morgan fingerprint density at radius 3 is 2.59 bits per heavy atom. The van der Waals surface area contributed by atoms with Crippen LogP contribution < -0.4 is 15.9 Å². The Balaban J connectivity index is 1.76. The molecule has 29 heavy (non-hydrogen) atoms. The van der Waals surface area contributed by atoms with Gasteiger partial charge in [0.05, 0.1) is 5.39 Å². The van der Waals surface area contributed by atoms with E-state index in [2.05, 4.69) is 10.4 Å². The molecule has 6 nitrogen and oxygen atoms in total. The monoisotopic (exact) mass is 404 g/mol. The summed E-state index contributed by atoms with van der Waals surface area (Å²) >= 11 is 1.47. The van der Waals surface area contributed by atoms with Crippen LogP contribution in [0.1, 0.15) is 15.2 Å². The number of carbonyl (C=O) groups is 1. The predicted octanol–water partition coefficient (Wildman–Crippen LogP) is 3.88. The summed E-state index contributed by atoms with van der Waals surface area (Å²) in [5, 5.41) is 0.517. The maximum Gasteiger partial charge on any atom is 0.281 e. The zero-order chi connectivity index (χ0) is 20.5. The molecule has 2 heterocycles. The summed E-state index contributed by atoms with van der Waals surface area (Å²) < 4.78 is 1.16. The first-order valence-electron chi connectivity index (χ1n) is 9.10. The second-order valence-corrected chi connectivity index (χ2v) is 8.09. The molecule has 4 rings (SSSR count). The van der Waals surface area contributed by atoms with Gasteiger partial charge in [-0.05, 0) is 30.7 Å². The Labute approximate surface area is 172 Å². The second kappa shape index (κ2) is 7.52. The highest BCUT2D eigenvalue weighted by molar-refractivity contribution is 7.19. The molecule has 146 valence electrons. The van der Waals surface area contributed by atoms with Crippen molar-refractivity contribution in [2.75, 3.05) is 24.4 Å². The number of thiophene rings is 1. The lowest BCUT2D eigenvalue weighted by atomic mass is 10.0. The van der Waals surface area contributed by atoms with Gasteiger partial charge in [0.25, 0.3) is 11.5 Å². The van der Waals surface area contributed by atoms with Gasteiger partial charge in [0.2, 0.25) is 0 Å². The van der Waals surface area contributed by atoms with Crippen LogP contribution >= 0.6 is 11.3 Å². The smallest absolute Gasteiger partial charge is 0.281 e. The SMILES string of the molecule is Cc1sc2ncn(NC(=O)c3cccc(N(C)C)c3)c(=O)c2c1-c1ccccc1. The zero-order valence-electron chi connectivity index (χ0n) is 16.3. The molecule has 0 fully saturated rings. The number of benzene rings is 2. The van der Waals surface area contributed by atoms with Crippen molar-refractivity contribution >= 4 is 33.1 Å². The van der Waals surface area contributed by atoms with Crippen LogP contribution in [0.3, 0.4) is 0 Å². The Hall–Kier alpha value is -3.45. The van der Waals surface area contributed by atoms with Crippen LogP contribution in [0.4, 0.5) is 5.69 Å². The zero-order valence-corrected chi connectivity index (χ0v) is 17.2.